The molecule has 0 amide bonds. The van der Waals surface area contributed by atoms with Crippen LogP contribution in [0.1, 0.15) is 87.3 Å². The van der Waals surface area contributed by atoms with Crippen LogP contribution < -0.4 is 4.74 Å². The normalized spacial score (nSPS) is 11.5. The third-order valence-electron chi connectivity index (χ3n) is 6.60. The Hall–Kier alpha value is -1.82. The smallest absolute Gasteiger partial charge is 0.210 e. The molecule has 0 aliphatic rings. The number of unbranched alkanes of at least 4 members (excludes halogenated alkanes) is 3. The molecular weight excluding hydrogens is 536 g/mol. The maximum Gasteiger partial charge on any atom is 0.210 e. The van der Waals surface area contributed by atoms with E-state index in [1.807, 2.05) is 40.9 Å². The Morgan fingerprint density at radius 1 is 0.972 bits per heavy atom. The number of hydrogen-bond acceptors (Lipinski definition) is 3. The molecule has 0 fully saturated rings. The van der Waals surface area contributed by atoms with Gasteiger partial charge in [-0.05, 0) is 97.0 Å². The first kappa shape index (κ1) is 28.7. The molecule has 1 aromatic carbocycles. The van der Waals surface area contributed by atoms with Gasteiger partial charge in [0.05, 0.1) is 22.8 Å². The molecule has 0 saturated carbocycles. The van der Waals surface area contributed by atoms with Crippen LogP contribution in [-0.4, -0.2) is 41.3 Å². The summed E-state index contributed by atoms with van der Waals surface area (Å²) in [6.45, 7) is 10.6. The highest BCUT2D eigenvalue weighted by molar-refractivity contribution is 9.10. The van der Waals surface area contributed by atoms with E-state index in [1.54, 1.807) is 6.07 Å². The Bertz CT molecular complexity index is 1120. The number of rotatable bonds is 16. The molecule has 4 nitrogen and oxygen atoms in total. The predicted octanol–water partition coefficient (Wildman–Crippen LogP) is 8.60. The fraction of sp³-hybridized carbons (Fsp3) is 0.500. The van der Waals surface area contributed by atoms with Crippen molar-refractivity contribution >= 4 is 38.8 Å². The molecule has 0 aliphatic carbocycles. The number of nitrogens with zero attached hydrogens (tertiary/aromatic N) is 2. The fourth-order valence-corrected chi connectivity index (χ4v) is 5.46. The van der Waals surface area contributed by atoms with Crippen LogP contribution in [0.4, 0.5) is 0 Å². The van der Waals surface area contributed by atoms with E-state index in [0.29, 0.717) is 28.6 Å². The van der Waals surface area contributed by atoms with Crippen molar-refractivity contribution in [3.8, 4) is 5.75 Å². The first-order valence-corrected chi connectivity index (χ1v) is 14.7. The van der Waals surface area contributed by atoms with Crippen molar-refractivity contribution in [2.75, 3.05) is 26.2 Å². The molecule has 3 rings (SSSR count). The molecule has 0 N–H and O–H groups in total. The lowest BCUT2D eigenvalue weighted by atomic mass is 10.0. The summed E-state index contributed by atoms with van der Waals surface area (Å²) in [6, 6.07) is 11.4. The third-order valence-corrected chi connectivity index (χ3v) is 7.78. The van der Waals surface area contributed by atoms with Crippen LogP contribution in [0, 0.1) is 0 Å². The lowest BCUT2D eigenvalue weighted by molar-refractivity contribution is 0.103. The summed E-state index contributed by atoms with van der Waals surface area (Å²) in [7, 11) is 0. The van der Waals surface area contributed by atoms with Crippen molar-refractivity contribution in [3.05, 3.63) is 68.9 Å². The number of aromatic nitrogens is 1. The Kier molecular flexibility index (Phi) is 11.8. The van der Waals surface area contributed by atoms with Gasteiger partial charge in [0.1, 0.15) is 5.75 Å². The average molecular weight is 576 g/mol. The van der Waals surface area contributed by atoms with Gasteiger partial charge in [0, 0.05) is 22.8 Å². The van der Waals surface area contributed by atoms with Crippen molar-refractivity contribution in [2.24, 2.45) is 0 Å². The summed E-state index contributed by atoms with van der Waals surface area (Å²) in [5.41, 5.74) is 3.34. The van der Waals surface area contributed by atoms with Crippen LogP contribution in [0.5, 0.6) is 5.75 Å². The number of hydrogen-bond donors (Lipinski definition) is 0. The zero-order chi connectivity index (χ0) is 25.9. The quantitative estimate of drug-likeness (QED) is 0.127. The van der Waals surface area contributed by atoms with Crippen molar-refractivity contribution in [1.29, 1.82) is 0 Å². The topological polar surface area (TPSA) is 34.0 Å². The van der Waals surface area contributed by atoms with Crippen molar-refractivity contribution < 1.29 is 9.53 Å². The predicted molar refractivity (Wildman–Crippen MR) is 155 cm³/mol. The van der Waals surface area contributed by atoms with E-state index < -0.39 is 0 Å². The van der Waals surface area contributed by atoms with E-state index in [9.17, 15) is 4.79 Å². The van der Waals surface area contributed by atoms with Crippen LogP contribution in [-0.2, 0) is 6.42 Å². The summed E-state index contributed by atoms with van der Waals surface area (Å²) in [6.07, 6.45) is 10.8. The molecule has 3 aromatic rings. The zero-order valence-electron chi connectivity index (χ0n) is 22.0. The van der Waals surface area contributed by atoms with Crippen LogP contribution in [0.2, 0.25) is 5.02 Å². The maximum atomic E-state index is 13.7. The van der Waals surface area contributed by atoms with Gasteiger partial charge in [-0.25, -0.2) is 0 Å². The second kappa shape index (κ2) is 14.8. The third kappa shape index (κ3) is 7.36. The lowest BCUT2D eigenvalue weighted by Crippen LogP contribution is -2.28. The zero-order valence-corrected chi connectivity index (χ0v) is 24.3. The van der Waals surface area contributed by atoms with Gasteiger partial charge in [-0.1, -0.05) is 57.7 Å². The minimum absolute atomic E-state index is 0.0241. The molecule has 0 aliphatic heterocycles. The molecule has 2 heterocycles. The number of benzene rings is 1. The summed E-state index contributed by atoms with van der Waals surface area (Å²) < 4.78 is 8.99. The average Bonchev–Trinajstić information content (AvgIpc) is 3.18. The van der Waals surface area contributed by atoms with Gasteiger partial charge >= 0.3 is 0 Å². The summed E-state index contributed by atoms with van der Waals surface area (Å²) in [5.74, 6) is 0.609. The second-order valence-electron chi connectivity index (χ2n) is 9.43. The van der Waals surface area contributed by atoms with Gasteiger partial charge in [-0.2, -0.15) is 0 Å². The molecule has 0 atom stereocenters. The highest BCUT2D eigenvalue weighted by Gasteiger charge is 2.23. The van der Waals surface area contributed by atoms with Crippen LogP contribution in [0.3, 0.4) is 0 Å². The number of pyridine rings is 1. The monoisotopic (exact) mass is 574 g/mol. The summed E-state index contributed by atoms with van der Waals surface area (Å²) in [5, 5.41) is 0.477. The lowest BCUT2D eigenvalue weighted by Gasteiger charge is -2.22. The second-order valence-corrected chi connectivity index (χ2v) is 10.6. The summed E-state index contributed by atoms with van der Waals surface area (Å²) >= 11 is 10.3. The SMILES string of the molecule is CCCCc1c(Br)c2ccccn2c1C(=O)c1ccc(OCCCN(CCCC)CCCC)c(Cl)c1. The number of fused-ring (bicyclic) bond motifs is 1. The number of carbonyl (C=O) groups is 1. The van der Waals surface area contributed by atoms with Crippen molar-refractivity contribution in [1.82, 2.24) is 9.30 Å². The molecule has 0 saturated heterocycles. The fourth-order valence-electron chi connectivity index (χ4n) is 4.51. The Balaban J connectivity index is 1.70. The molecule has 0 bridgehead atoms. The van der Waals surface area contributed by atoms with Gasteiger partial charge in [0.25, 0.3) is 0 Å². The Morgan fingerprint density at radius 3 is 2.33 bits per heavy atom. The minimum atomic E-state index is -0.0241. The molecule has 2 aromatic heterocycles. The molecular formula is C30H40BrClN2O2. The van der Waals surface area contributed by atoms with Crippen molar-refractivity contribution in [3.63, 3.8) is 0 Å². The molecule has 0 radical (unpaired) electrons. The van der Waals surface area contributed by atoms with E-state index in [-0.39, 0.29) is 5.78 Å². The van der Waals surface area contributed by atoms with Crippen molar-refractivity contribution in [2.45, 2.75) is 72.1 Å². The Labute approximate surface area is 230 Å². The maximum absolute atomic E-state index is 13.7. The van der Waals surface area contributed by atoms with Crippen LogP contribution in [0.15, 0.2) is 47.1 Å². The Morgan fingerprint density at radius 2 is 1.67 bits per heavy atom. The van der Waals surface area contributed by atoms with E-state index in [4.69, 9.17) is 16.3 Å². The van der Waals surface area contributed by atoms with Gasteiger partial charge in [0.2, 0.25) is 5.78 Å². The van der Waals surface area contributed by atoms with Gasteiger partial charge in [-0.3, -0.25) is 4.79 Å². The summed E-state index contributed by atoms with van der Waals surface area (Å²) in [4.78, 5) is 16.2. The van der Waals surface area contributed by atoms with Gasteiger partial charge in [0.15, 0.2) is 0 Å². The largest absolute Gasteiger partial charge is 0.492 e. The molecule has 6 heteroatoms. The number of ketones is 1. The van der Waals surface area contributed by atoms with E-state index in [1.165, 1.54) is 25.7 Å². The molecule has 196 valence electrons. The van der Waals surface area contributed by atoms with Crippen LogP contribution in [0.25, 0.3) is 5.52 Å². The number of ether oxygens (including phenoxy) is 1. The first-order valence-electron chi connectivity index (χ1n) is 13.5. The first-order chi connectivity index (χ1) is 17.5. The highest BCUT2D eigenvalue weighted by atomic mass is 79.9. The number of halogens is 2. The minimum Gasteiger partial charge on any atom is -0.492 e. The standard InChI is InChI=1S/C30H40BrClN2O2/c1-4-7-13-24-28(31)26-14-10-11-20-34(26)29(24)30(35)23-15-16-27(25(32)22-23)36-21-12-19-33(17-8-5-2)18-9-6-3/h10-11,14-16,20,22H,4-9,12-13,17-19,21H2,1-3H3. The van der Waals surface area contributed by atoms with Gasteiger partial charge in [-0.15, -0.1) is 0 Å². The van der Waals surface area contributed by atoms with Crippen LogP contribution >= 0.6 is 27.5 Å². The molecule has 0 spiro atoms. The molecule has 36 heavy (non-hydrogen) atoms. The molecule has 0 unspecified atom stereocenters. The van der Waals surface area contributed by atoms with E-state index in [2.05, 4.69) is 41.6 Å². The van der Waals surface area contributed by atoms with E-state index >= 15 is 0 Å². The highest BCUT2D eigenvalue weighted by Crippen LogP contribution is 2.33. The van der Waals surface area contributed by atoms with Gasteiger partial charge < -0.3 is 14.0 Å². The van der Waals surface area contributed by atoms with E-state index in [0.717, 1.165) is 60.9 Å². The number of carbonyl (C=O) groups excluding carboxylic acids is 1.